The third kappa shape index (κ3) is 9.88. The predicted octanol–water partition coefficient (Wildman–Crippen LogP) is 2.15. The molecule has 1 atom stereocenters. The summed E-state index contributed by atoms with van der Waals surface area (Å²) in [6.07, 6.45) is 4.58. The summed E-state index contributed by atoms with van der Waals surface area (Å²) >= 11 is 0. The van der Waals surface area contributed by atoms with Gasteiger partial charge >= 0.3 is 56.5 Å². The summed E-state index contributed by atoms with van der Waals surface area (Å²) < 4.78 is 37.5. The zero-order valence-corrected chi connectivity index (χ0v) is 15.2. The van der Waals surface area contributed by atoms with Crippen LogP contribution in [0.3, 0.4) is 0 Å². The van der Waals surface area contributed by atoms with Gasteiger partial charge in [-0.2, -0.15) is 0 Å². The number of hydrogen-bond acceptors (Lipinski definition) is 0. The Bertz CT molecular complexity index is 439. The minimum atomic E-state index is 0. The fourth-order valence-corrected chi connectivity index (χ4v) is 4.76. The van der Waals surface area contributed by atoms with Crippen molar-refractivity contribution in [3.63, 3.8) is 0 Å². The molecule has 1 unspecified atom stereocenters. The van der Waals surface area contributed by atoms with Gasteiger partial charge in [0.1, 0.15) is 0 Å². The Labute approximate surface area is 145 Å². The smallest absolute Gasteiger partial charge is 0 e. The van der Waals surface area contributed by atoms with E-state index in [0.717, 1.165) is 5.16 Å². The molecule has 5 nitrogen and oxygen atoms in total. The topological polar surface area (TPSA) is 99.5 Å². The van der Waals surface area contributed by atoms with Gasteiger partial charge in [0.05, 0.1) is 0 Å². The second-order valence-electron chi connectivity index (χ2n) is 3.65. The van der Waals surface area contributed by atoms with Gasteiger partial charge in [-0.15, -0.1) is 0 Å². The van der Waals surface area contributed by atoms with Crippen LogP contribution in [0.1, 0.15) is 12.8 Å². The Morgan fingerprint density at radius 3 is 1.36 bits per heavy atom. The molecule has 2 aliphatic rings. The standard InChI is InChI=1S/C10H11P.5CO.W/c1-2-4-9(5-3-1)11-8-10(11)6-7-10;5*1-2;/h1-5H,6-8H2;;;;;;. The summed E-state index contributed by atoms with van der Waals surface area (Å²) in [7, 11) is 0.322. The fraction of sp³-hybridized carbons (Fsp3) is 0.267. The second kappa shape index (κ2) is 20.0. The van der Waals surface area contributed by atoms with Crippen molar-refractivity contribution in [1.29, 1.82) is 0 Å². The van der Waals surface area contributed by atoms with Crippen molar-refractivity contribution >= 4 is 13.2 Å². The van der Waals surface area contributed by atoms with Crippen LogP contribution >= 0.6 is 7.92 Å². The second-order valence-corrected chi connectivity index (χ2v) is 6.28. The van der Waals surface area contributed by atoms with Gasteiger partial charge in [0, 0.05) is 21.1 Å². The number of hydrogen-bond donors (Lipinski definition) is 0. The molecule has 1 aromatic rings. The van der Waals surface area contributed by atoms with Crippen LogP contribution in [0.15, 0.2) is 30.3 Å². The normalized spacial score (nSPS) is 15.6. The van der Waals surface area contributed by atoms with E-state index in [1.54, 1.807) is 5.30 Å². The summed E-state index contributed by atoms with van der Waals surface area (Å²) in [4.78, 5) is 0. The molecular formula is C15H11O5PW. The largest absolute Gasteiger partial charge is 0.0677 e. The van der Waals surface area contributed by atoms with Crippen molar-refractivity contribution in [3.8, 4) is 0 Å². The van der Waals surface area contributed by atoms with Crippen molar-refractivity contribution < 1.29 is 44.3 Å². The van der Waals surface area contributed by atoms with Crippen LogP contribution in [0.25, 0.3) is 0 Å². The fourth-order valence-electron chi connectivity index (χ4n) is 1.80. The summed E-state index contributed by atoms with van der Waals surface area (Å²) in [5.41, 5.74) is 0. The molecule has 1 saturated heterocycles. The molecule has 0 bridgehead atoms. The van der Waals surface area contributed by atoms with Gasteiger partial charge in [0.25, 0.3) is 0 Å². The molecule has 1 heterocycles. The van der Waals surface area contributed by atoms with E-state index < -0.39 is 0 Å². The molecule has 0 aromatic heterocycles. The molecule has 0 amide bonds. The van der Waals surface area contributed by atoms with Crippen LogP contribution < -0.4 is 5.30 Å². The minimum absolute atomic E-state index is 0. The summed E-state index contributed by atoms with van der Waals surface area (Å²) in [6.45, 7) is 22.5. The van der Waals surface area contributed by atoms with E-state index in [1.807, 2.05) is 0 Å². The average molecular weight is 486 g/mol. The quantitative estimate of drug-likeness (QED) is 0.331. The van der Waals surface area contributed by atoms with Crippen molar-refractivity contribution in [3.05, 3.63) is 63.6 Å². The Balaban J connectivity index is -0.000000129. The molecule has 22 heavy (non-hydrogen) atoms. The van der Waals surface area contributed by atoms with Crippen molar-refractivity contribution in [1.82, 2.24) is 0 Å². The molecule has 3 rings (SSSR count). The third-order valence-corrected chi connectivity index (χ3v) is 6.03. The first-order valence-electron chi connectivity index (χ1n) is 5.26. The molecule has 2 fully saturated rings. The molecule has 1 saturated carbocycles. The van der Waals surface area contributed by atoms with Crippen LogP contribution in [-0.4, -0.2) is 11.3 Å². The molecule has 7 heteroatoms. The summed E-state index contributed by atoms with van der Waals surface area (Å²) in [6, 6.07) is 11.1. The zero-order valence-electron chi connectivity index (χ0n) is 11.4. The van der Waals surface area contributed by atoms with E-state index in [-0.39, 0.29) is 21.1 Å². The maximum atomic E-state index is 7.50. The van der Waals surface area contributed by atoms with E-state index in [2.05, 4.69) is 63.6 Å². The number of benzene rings is 1. The monoisotopic (exact) mass is 486 g/mol. The summed E-state index contributed by atoms with van der Waals surface area (Å²) in [5, 5.41) is 2.52. The average Bonchev–Trinajstić information content (AvgIpc) is 3.57. The van der Waals surface area contributed by atoms with Gasteiger partial charge in [0.2, 0.25) is 0 Å². The van der Waals surface area contributed by atoms with E-state index in [0.29, 0.717) is 7.92 Å². The van der Waals surface area contributed by atoms with Gasteiger partial charge < -0.3 is 0 Å². The molecule has 112 valence electrons. The van der Waals surface area contributed by atoms with Gasteiger partial charge in [-0.25, -0.2) is 0 Å². The first-order valence-corrected chi connectivity index (χ1v) is 6.78. The maximum absolute atomic E-state index is 7.50. The first-order chi connectivity index (χ1) is 10.4. The van der Waals surface area contributed by atoms with Crippen LogP contribution in [0.4, 0.5) is 0 Å². The summed E-state index contributed by atoms with van der Waals surface area (Å²) in [5.74, 6) is 0. The van der Waals surface area contributed by atoms with Gasteiger partial charge in [-0.3, -0.25) is 0 Å². The minimum Gasteiger partial charge on any atom is -0.0677 e. The molecule has 0 radical (unpaired) electrons. The van der Waals surface area contributed by atoms with Crippen LogP contribution in [0.5, 0.6) is 0 Å². The Hall–Kier alpha value is -0.962. The zero-order chi connectivity index (χ0) is 17.3. The molecular weight excluding hydrogens is 475 g/mol. The van der Waals surface area contributed by atoms with E-state index >= 15 is 0 Å². The van der Waals surface area contributed by atoms with Crippen LogP contribution in [0.2, 0.25) is 0 Å². The number of rotatable bonds is 1. The van der Waals surface area contributed by atoms with E-state index in [4.69, 9.17) is 23.3 Å². The van der Waals surface area contributed by atoms with Gasteiger partial charge in [-0.1, -0.05) is 38.3 Å². The van der Waals surface area contributed by atoms with E-state index in [1.165, 1.54) is 19.0 Å². The molecule has 1 spiro atoms. The van der Waals surface area contributed by atoms with Crippen molar-refractivity contribution in [2.75, 3.05) is 6.16 Å². The Kier molecular flexibility index (Phi) is 26.5. The van der Waals surface area contributed by atoms with Crippen molar-refractivity contribution in [2.24, 2.45) is 0 Å². The van der Waals surface area contributed by atoms with Gasteiger partial charge in [-0.05, 0) is 29.5 Å². The molecule has 0 N–H and O–H groups in total. The van der Waals surface area contributed by atoms with Crippen LogP contribution in [0, 0.1) is 33.3 Å². The molecule has 1 aromatic carbocycles. The SMILES string of the molecule is [C-]#[O+].[C-]#[O+].[C-]#[O+].[C-]#[O+].[C-]#[O+].[W].c1ccc(P2CC23CC3)cc1. The Morgan fingerprint density at radius 2 is 1.09 bits per heavy atom. The maximum Gasteiger partial charge on any atom is 0 e. The van der Waals surface area contributed by atoms with Crippen molar-refractivity contribution in [2.45, 2.75) is 18.0 Å². The van der Waals surface area contributed by atoms with Gasteiger partial charge in [0.15, 0.2) is 0 Å². The Morgan fingerprint density at radius 1 is 0.727 bits per heavy atom. The van der Waals surface area contributed by atoms with E-state index in [9.17, 15) is 0 Å². The van der Waals surface area contributed by atoms with Crippen LogP contribution in [-0.2, 0) is 44.3 Å². The first kappa shape index (κ1) is 29.1. The molecule has 1 aliphatic carbocycles. The predicted molar refractivity (Wildman–Crippen MR) is 69.5 cm³/mol. The molecule has 1 aliphatic heterocycles. The third-order valence-electron chi connectivity index (χ3n) is 2.82.